The van der Waals surface area contributed by atoms with Gasteiger partial charge in [0.25, 0.3) is 17.5 Å². The Kier molecular flexibility index (Phi) is 7.65. The maximum atomic E-state index is 12.7. The lowest BCUT2D eigenvalue weighted by molar-refractivity contribution is -0.385. The van der Waals surface area contributed by atoms with Gasteiger partial charge in [-0.25, -0.2) is 4.79 Å². The van der Waals surface area contributed by atoms with Crippen LogP contribution >= 0.6 is 11.3 Å². The van der Waals surface area contributed by atoms with Gasteiger partial charge in [-0.1, -0.05) is 19.4 Å². The first-order valence-corrected chi connectivity index (χ1v) is 10.1. The summed E-state index contributed by atoms with van der Waals surface area (Å²) < 4.78 is 4.80. The zero-order valence-corrected chi connectivity index (χ0v) is 18.0. The SMILES string of the molecule is CCCCNC(=O)c1sc(NC(=O)c2ccc(C)c([N+](=O)[O-])c2)c(C(=O)OC)c1C. The van der Waals surface area contributed by atoms with Crippen molar-refractivity contribution in [2.24, 2.45) is 0 Å². The monoisotopic (exact) mass is 433 g/mol. The maximum absolute atomic E-state index is 12.7. The number of nitro benzene ring substituents is 1. The average Bonchev–Trinajstić information content (AvgIpc) is 3.03. The lowest BCUT2D eigenvalue weighted by Gasteiger charge is -2.07. The van der Waals surface area contributed by atoms with E-state index in [0.717, 1.165) is 24.2 Å². The zero-order valence-electron chi connectivity index (χ0n) is 17.2. The lowest BCUT2D eigenvalue weighted by Crippen LogP contribution is -2.24. The first-order valence-electron chi connectivity index (χ1n) is 9.27. The van der Waals surface area contributed by atoms with Crippen LogP contribution in [0.1, 0.15) is 61.3 Å². The Bertz CT molecular complexity index is 999. The van der Waals surface area contributed by atoms with Crippen molar-refractivity contribution in [1.29, 1.82) is 0 Å². The molecule has 2 aromatic rings. The molecule has 1 aromatic heterocycles. The zero-order chi connectivity index (χ0) is 22.4. The molecule has 30 heavy (non-hydrogen) atoms. The van der Waals surface area contributed by atoms with Crippen LogP contribution in [0.3, 0.4) is 0 Å². The fraction of sp³-hybridized carbons (Fsp3) is 0.350. The van der Waals surface area contributed by atoms with E-state index in [4.69, 9.17) is 4.74 Å². The molecular formula is C20H23N3O6S. The number of methoxy groups -OCH3 is 1. The molecule has 9 nitrogen and oxygen atoms in total. The Morgan fingerprint density at radius 1 is 1.20 bits per heavy atom. The van der Waals surface area contributed by atoms with Crippen LogP contribution in [0.4, 0.5) is 10.7 Å². The summed E-state index contributed by atoms with van der Waals surface area (Å²) in [5.74, 6) is -1.67. The standard InChI is InChI=1S/C20H23N3O6S/c1-5-6-9-21-18(25)16-12(3)15(20(26)29-4)19(30-16)22-17(24)13-8-7-11(2)14(10-13)23(27)28/h7-8,10H,5-6,9H2,1-4H3,(H,21,25)(H,22,24). The fourth-order valence-electron chi connectivity index (χ4n) is 2.75. The number of hydrogen-bond acceptors (Lipinski definition) is 7. The highest BCUT2D eigenvalue weighted by Crippen LogP contribution is 2.34. The fourth-order valence-corrected chi connectivity index (χ4v) is 3.85. The number of nitrogens with one attached hydrogen (secondary N) is 2. The van der Waals surface area contributed by atoms with Gasteiger partial charge in [0.2, 0.25) is 0 Å². The third kappa shape index (κ3) is 5.01. The largest absolute Gasteiger partial charge is 0.465 e. The van der Waals surface area contributed by atoms with Gasteiger partial charge in [0, 0.05) is 23.7 Å². The minimum atomic E-state index is -0.693. The van der Waals surface area contributed by atoms with Crippen molar-refractivity contribution in [1.82, 2.24) is 5.32 Å². The van der Waals surface area contributed by atoms with Gasteiger partial charge in [0.15, 0.2) is 0 Å². The average molecular weight is 433 g/mol. The van der Waals surface area contributed by atoms with Crippen LogP contribution in [0.2, 0.25) is 0 Å². The molecular weight excluding hydrogens is 410 g/mol. The lowest BCUT2D eigenvalue weighted by atomic mass is 10.1. The number of ether oxygens (including phenoxy) is 1. The van der Waals surface area contributed by atoms with Gasteiger partial charge in [-0.05, 0) is 31.9 Å². The number of nitro groups is 1. The van der Waals surface area contributed by atoms with Crippen molar-refractivity contribution in [3.05, 3.63) is 55.4 Å². The Balaban J connectivity index is 2.38. The smallest absolute Gasteiger partial charge is 0.341 e. The van der Waals surface area contributed by atoms with E-state index in [1.54, 1.807) is 13.8 Å². The molecule has 2 rings (SSSR count). The van der Waals surface area contributed by atoms with Crippen molar-refractivity contribution in [3.63, 3.8) is 0 Å². The third-order valence-electron chi connectivity index (χ3n) is 4.45. The van der Waals surface area contributed by atoms with Crippen LogP contribution in [0, 0.1) is 24.0 Å². The van der Waals surface area contributed by atoms with Crippen LogP contribution < -0.4 is 10.6 Å². The van der Waals surface area contributed by atoms with Crippen LogP contribution in [0.15, 0.2) is 18.2 Å². The molecule has 0 aliphatic rings. The van der Waals surface area contributed by atoms with Crippen LogP contribution in [0.5, 0.6) is 0 Å². The second-order valence-corrected chi connectivity index (χ2v) is 7.59. The molecule has 0 aliphatic carbocycles. The number of esters is 1. The van der Waals surface area contributed by atoms with Gasteiger partial charge in [-0.15, -0.1) is 11.3 Å². The minimum absolute atomic E-state index is 0.0584. The van der Waals surface area contributed by atoms with Crippen LogP contribution in [-0.4, -0.2) is 36.4 Å². The number of carbonyl (C=O) groups is 3. The summed E-state index contributed by atoms with van der Waals surface area (Å²) in [7, 11) is 1.20. The van der Waals surface area contributed by atoms with Gasteiger partial charge in [-0.3, -0.25) is 19.7 Å². The second-order valence-electron chi connectivity index (χ2n) is 6.57. The first kappa shape index (κ1) is 23.0. The van der Waals surface area contributed by atoms with Crippen LogP contribution in [0.25, 0.3) is 0 Å². The van der Waals surface area contributed by atoms with E-state index < -0.39 is 16.8 Å². The van der Waals surface area contributed by atoms with Crippen molar-refractivity contribution >= 4 is 39.8 Å². The van der Waals surface area contributed by atoms with Crippen LogP contribution in [-0.2, 0) is 4.74 Å². The number of hydrogen-bond donors (Lipinski definition) is 2. The van der Waals surface area contributed by atoms with Gasteiger partial charge in [0.1, 0.15) is 5.00 Å². The quantitative estimate of drug-likeness (QED) is 0.282. The second kappa shape index (κ2) is 9.97. The molecule has 0 bridgehead atoms. The predicted molar refractivity (Wildman–Crippen MR) is 113 cm³/mol. The number of carbonyl (C=O) groups excluding carboxylic acids is 3. The van der Waals surface area contributed by atoms with E-state index in [-0.39, 0.29) is 32.6 Å². The summed E-state index contributed by atoms with van der Waals surface area (Å²) >= 11 is 0.954. The molecule has 0 atom stereocenters. The highest BCUT2D eigenvalue weighted by Gasteiger charge is 2.27. The number of unbranched alkanes of at least 4 members (excludes halogenated alkanes) is 1. The number of rotatable bonds is 8. The molecule has 0 fully saturated rings. The van der Waals surface area contributed by atoms with E-state index >= 15 is 0 Å². The van der Waals surface area contributed by atoms with Gasteiger partial charge in [0.05, 0.1) is 22.5 Å². The van der Waals surface area contributed by atoms with E-state index in [0.29, 0.717) is 17.7 Å². The van der Waals surface area contributed by atoms with Crippen molar-refractivity contribution in [3.8, 4) is 0 Å². The normalized spacial score (nSPS) is 10.4. The summed E-state index contributed by atoms with van der Waals surface area (Å²) in [4.78, 5) is 48.3. The van der Waals surface area contributed by atoms with Gasteiger partial charge < -0.3 is 15.4 Å². The molecule has 1 aromatic carbocycles. The molecule has 0 saturated carbocycles. The maximum Gasteiger partial charge on any atom is 0.341 e. The Hall–Kier alpha value is -3.27. The Morgan fingerprint density at radius 2 is 1.90 bits per heavy atom. The summed E-state index contributed by atoms with van der Waals surface area (Å²) in [6, 6.07) is 4.09. The van der Waals surface area contributed by atoms with Crippen molar-refractivity contribution in [2.45, 2.75) is 33.6 Å². The molecule has 0 unspecified atom stereocenters. The number of aryl methyl sites for hydroxylation is 1. The first-order chi connectivity index (χ1) is 14.2. The van der Waals surface area contributed by atoms with Crippen molar-refractivity contribution < 1.29 is 24.0 Å². The predicted octanol–water partition coefficient (Wildman–Crippen LogP) is 3.84. The molecule has 0 spiro atoms. The van der Waals surface area contributed by atoms with E-state index in [1.165, 1.54) is 25.3 Å². The summed E-state index contributed by atoms with van der Waals surface area (Å²) in [6.07, 6.45) is 1.73. The number of benzene rings is 1. The molecule has 2 N–H and O–H groups in total. The number of amides is 2. The van der Waals surface area contributed by atoms with Gasteiger partial charge in [-0.2, -0.15) is 0 Å². The summed E-state index contributed by atoms with van der Waals surface area (Å²) in [6.45, 7) is 5.67. The third-order valence-corrected chi connectivity index (χ3v) is 5.66. The molecule has 10 heteroatoms. The number of thiophene rings is 1. The Morgan fingerprint density at radius 3 is 2.50 bits per heavy atom. The molecule has 2 amide bonds. The topological polar surface area (TPSA) is 128 Å². The summed E-state index contributed by atoms with van der Waals surface area (Å²) in [5.41, 5.74) is 0.770. The number of nitrogens with zero attached hydrogens (tertiary/aromatic N) is 1. The van der Waals surface area contributed by atoms with E-state index in [1.807, 2.05) is 6.92 Å². The molecule has 1 heterocycles. The molecule has 160 valence electrons. The minimum Gasteiger partial charge on any atom is -0.465 e. The molecule has 0 aliphatic heterocycles. The van der Waals surface area contributed by atoms with Crippen molar-refractivity contribution in [2.75, 3.05) is 19.0 Å². The van der Waals surface area contributed by atoms with E-state index in [9.17, 15) is 24.5 Å². The summed E-state index contributed by atoms with van der Waals surface area (Å²) in [5, 5.41) is 16.7. The Labute approximate surface area is 177 Å². The van der Waals surface area contributed by atoms with Gasteiger partial charge >= 0.3 is 5.97 Å². The highest BCUT2D eigenvalue weighted by atomic mass is 32.1. The van der Waals surface area contributed by atoms with E-state index in [2.05, 4.69) is 10.6 Å². The highest BCUT2D eigenvalue weighted by molar-refractivity contribution is 7.18. The molecule has 0 saturated heterocycles. The molecule has 0 radical (unpaired) electrons. The number of anilines is 1.